The zero-order chi connectivity index (χ0) is 27.3. The second-order valence-corrected chi connectivity index (χ2v) is 10.9. The van der Waals surface area contributed by atoms with Gasteiger partial charge in [0.05, 0.1) is 12.2 Å². The molecule has 0 aromatic heterocycles. The Bertz CT molecular complexity index is 945. The van der Waals surface area contributed by atoms with E-state index in [1.165, 1.54) is 0 Å². The lowest BCUT2D eigenvalue weighted by Gasteiger charge is -2.23. The van der Waals surface area contributed by atoms with Gasteiger partial charge in [-0.15, -0.1) is 0 Å². The number of hydrogen-bond acceptors (Lipinski definition) is 5. The molecule has 4 amide bonds. The van der Waals surface area contributed by atoms with Crippen molar-refractivity contribution in [2.75, 3.05) is 13.2 Å². The van der Waals surface area contributed by atoms with Gasteiger partial charge < -0.3 is 26.0 Å². The first-order valence-corrected chi connectivity index (χ1v) is 14.2. The van der Waals surface area contributed by atoms with Gasteiger partial charge >= 0.3 is 0 Å². The lowest BCUT2D eigenvalue weighted by molar-refractivity contribution is -0.130. The van der Waals surface area contributed by atoms with Crippen molar-refractivity contribution in [2.24, 2.45) is 5.92 Å². The summed E-state index contributed by atoms with van der Waals surface area (Å²) in [7, 11) is 0. The molecule has 0 bridgehead atoms. The van der Waals surface area contributed by atoms with Gasteiger partial charge in [-0.2, -0.15) is 0 Å². The summed E-state index contributed by atoms with van der Waals surface area (Å²) in [6.45, 7) is 5.03. The first kappa shape index (κ1) is 29.5. The molecule has 3 rings (SSSR count). The Morgan fingerprint density at radius 3 is 2.47 bits per heavy atom. The van der Waals surface area contributed by atoms with Crippen molar-refractivity contribution in [2.45, 2.75) is 103 Å². The molecular weight excluding hydrogens is 484 g/mol. The molecule has 0 spiro atoms. The van der Waals surface area contributed by atoms with Crippen molar-refractivity contribution in [3.05, 3.63) is 29.8 Å². The summed E-state index contributed by atoms with van der Waals surface area (Å²) in [4.78, 5) is 52.2. The van der Waals surface area contributed by atoms with Crippen molar-refractivity contribution >= 4 is 23.6 Å². The topological polar surface area (TPSA) is 126 Å². The molecule has 1 aromatic carbocycles. The minimum absolute atomic E-state index is 0.00303. The Balaban J connectivity index is 1.77. The largest absolute Gasteiger partial charge is 0.493 e. The number of fused-ring (bicyclic) bond motifs is 1. The van der Waals surface area contributed by atoms with Gasteiger partial charge in [-0.1, -0.05) is 51.7 Å². The fourth-order valence-electron chi connectivity index (χ4n) is 5.00. The fraction of sp³-hybridized carbons (Fsp3) is 0.655. The number of amides is 4. The molecular formula is C29H44N4O5. The average Bonchev–Trinajstić information content (AvgIpc) is 3.39. The number of nitrogens with one attached hydrogen (secondary N) is 4. The summed E-state index contributed by atoms with van der Waals surface area (Å²) in [5.74, 6) is -0.523. The van der Waals surface area contributed by atoms with Crippen LogP contribution in [0.3, 0.4) is 0 Å². The number of para-hydroxylation sites is 1. The van der Waals surface area contributed by atoms with Gasteiger partial charge in [0.1, 0.15) is 17.8 Å². The summed E-state index contributed by atoms with van der Waals surface area (Å²) in [5, 5.41) is 11.7. The quantitative estimate of drug-likeness (QED) is 0.478. The predicted octanol–water partition coefficient (Wildman–Crippen LogP) is 3.22. The Morgan fingerprint density at radius 1 is 0.974 bits per heavy atom. The van der Waals surface area contributed by atoms with E-state index in [1.807, 2.05) is 19.9 Å². The second kappa shape index (κ2) is 15.3. The summed E-state index contributed by atoms with van der Waals surface area (Å²) >= 11 is 0. The molecule has 2 aliphatic rings. The number of carbonyl (C=O) groups is 4. The van der Waals surface area contributed by atoms with E-state index >= 15 is 0 Å². The molecule has 1 saturated carbocycles. The van der Waals surface area contributed by atoms with E-state index in [4.69, 9.17) is 4.74 Å². The number of ether oxygens (including phenoxy) is 1. The van der Waals surface area contributed by atoms with Crippen LogP contribution >= 0.6 is 0 Å². The third-order valence-corrected chi connectivity index (χ3v) is 7.10. The molecule has 210 valence electrons. The molecule has 4 N–H and O–H groups in total. The SMILES string of the molecule is CC(C)C[C@@H]1NC(=O)CC[C@@H](C(=O)NC2CCCC2)NC(=O)c2ccccc2OCCCCCCNC1=O. The van der Waals surface area contributed by atoms with E-state index in [-0.39, 0.29) is 42.5 Å². The predicted molar refractivity (Wildman–Crippen MR) is 146 cm³/mol. The van der Waals surface area contributed by atoms with Crippen molar-refractivity contribution in [3.8, 4) is 5.75 Å². The first-order valence-electron chi connectivity index (χ1n) is 14.2. The van der Waals surface area contributed by atoms with Crippen LogP contribution in [0.25, 0.3) is 0 Å². The fourth-order valence-corrected chi connectivity index (χ4v) is 5.00. The van der Waals surface area contributed by atoms with Gasteiger partial charge in [0.2, 0.25) is 17.7 Å². The summed E-state index contributed by atoms with van der Waals surface area (Å²) in [6, 6.07) is 5.57. The van der Waals surface area contributed by atoms with Crippen molar-refractivity contribution in [1.82, 2.24) is 21.3 Å². The van der Waals surface area contributed by atoms with Gasteiger partial charge in [-0.05, 0) is 56.6 Å². The van der Waals surface area contributed by atoms with Gasteiger partial charge in [-0.3, -0.25) is 19.2 Å². The normalized spacial score (nSPS) is 23.1. The molecule has 0 radical (unpaired) electrons. The molecule has 0 saturated heterocycles. The number of hydrogen-bond donors (Lipinski definition) is 4. The molecule has 1 fully saturated rings. The minimum atomic E-state index is -0.888. The van der Waals surface area contributed by atoms with E-state index in [9.17, 15) is 19.2 Å². The Hall–Kier alpha value is -3.10. The maximum atomic E-state index is 13.3. The second-order valence-electron chi connectivity index (χ2n) is 10.9. The highest BCUT2D eigenvalue weighted by atomic mass is 16.5. The van der Waals surface area contributed by atoms with E-state index < -0.39 is 18.0 Å². The Labute approximate surface area is 226 Å². The minimum Gasteiger partial charge on any atom is -0.493 e. The van der Waals surface area contributed by atoms with Gasteiger partial charge in [0, 0.05) is 19.0 Å². The van der Waals surface area contributed by atoms with E-state index in [1.54, 1.807) is 18.2 Å². The summed E-state index contributed by atoms with van der Waals surface area (Å²) in [6.07, 6.45) is 8.12. The van der Waals surface area contributed by atoms with Gasteiger partial charge in [0.25, 0.3) is 5.91 Å². The lowest BCUT2D eigenvalue weighted by Crippen LogP contribution is -2.50. The van der Waals surface area contributed by atoms with Crippen LogP contribution < -0.4 is 26.0 Å². The van der Waals surface area contributed by atoms with E-state index in [2.05, 4.69) is 21.3 Å². The Kier molecular flexibility index (Phi) is 11.9. The molecule has 1 aliphatic heterocycles. The van der Waals surface area contributed by atoms with Gasteiger partial charge in [-0.25, -0.2) is 0 Å². The number of carbonyl (C=O) groups excluding carboxylic acids is 4. The van der Waals surface area contributed by atoms with Crippen LogP contribution in [0.1, 0.15) is 94.8 Å². The molecule has 1 aromatic rings. The maximum Gasteiger partial charge on any atom is 0.255 e. The van der Waals surface area contributed by atoms with Crippen molar-refractivity contribution in [1.29, 1.82) is 0 Å². The highest BCUT2D eigenvalue weighted by Gasteiger charge is 2.28. The number of benzene rings is 1. The molecule has 38 heavy (non-hydrogen) atoms. The third kappa shape index (κ3) is 9.65. The smallest absolute Gasteiger partial charge is 0.255 e. The van der Waals surface area contributed by atoms with Crippen LogP contribution in [0.5, 0.6) is 5.75 Å². The molecule has 2 atom stereocenters. The summed E-state index contributed by atoms with van der Waals surface area (Å²) in [5.41, 5.74) is 0.361. The molecule has 9 heteroatoms. The molecule has 1 aliphatic carbocycles. The zero-order valence-electron chi connectivity index (χ0n) is 22.9. The highest BCUT2D eigenvalue weighted by molar-refractivity contribution is 5.99. The van der Waals surface area contributed by atoms with E-state index in [0.29, 0.717) is 30.9 Å². The van der Waals surface area contributed by atoms with Crippen LogP contribution in [-0.2, 0) is 14.4 Å². The standard InChI is InChI=1S/C29H44N4O5/c1-20(2)19-24-28(36)30-17-9-3-4-10-18-38-25-14-8-7-13-22(25)27(35)33-23(15-16-26(34)32-24)29(37)31-21-11-5-6-12-21/h7-8,13-14,20-21,23-24H,3-6,9-12,15-19H2,1-2H3,(H,30,36)(H,31,37)(H,32,34)(H,33,35)/t23-,24-/m0/s1. The monoisotopic (exact) mass is 528 g/mol. The average molecular weight is 529 g/mol. The first-order chi connectivity index (χ1) is 18.3. The van der Waals surface area contributed by atoms with Crippen LogP contribution in [0.4, 0.5) is 0 Å². The van der Waals surface area contributed by atoms with Crippen LogP contribution in [0, 0.1) is 5.92 Å². The van der Waals surface area contributed by atoms with E-state index in [0.717, 1.165) is 51.4 Å². The van der Waals surface area contributed by atoms with Crippen molar-refractivity contribution < 1.29 is 23.9 Å². The highest BCUT2D eigenvalue weighted by Crippen LogP contribution is 2.20. The van der Waals surface area contributed by atoms with Crippen molar-refractivity contribution in [3.63, 3.8) is 0 Å². The van der Waals surface area contributed by atoms with Crippen LogP contribution in [-0.4, -0.2) is 54.9 Å². The Morgan fingerprint density at radius 2 is 1.71 bits per heavy atom. The van der Waals surface area contributed by atoms with Gasteiger partial charge in [0.15, 0.2) is 0 Å². The van der Waals surface area contributed by atoms with Crippen LogP contribution in [0.15, 0.2) is 24.3 Å². The number of rotatable bonds is 4. The maximum absolute atomic E-state index is 13.3. The third-order valence-electron chi connectivity index (χ3n) is 7.10. The summed E-state index contributed by atoms with van der Waals surface area (Å²) < 4.78 is 5.92. The lowest BCUT2D eigenvalue weighted by atomic mass is 10.0. The zero-order valence-corrected chi connectivity index (χ0v) is 22.9. The molecule has 9 nitrogen and oxygen atoms in total. The molecule has 0 unspecified atom stereocenters. The molecule has 1 heterocycles. The van der Waals surface area contributed by atoms with Crippen LogP contribution in [0.2, 0.25) is 0 Å².